The molecule has 0 bridgehead atoms. The van der Waals surface area contributed by atoms with Crippen molar-refractivity contribution in [3.8, 4) is 0 Å². The Morgan fingerprint density at radius 3 is 2.81 bits per heavy atom. The molecular formula is C17H22N2O2. The molecule has 0 unspecified atom stereocenters. The van der Waals surface area contributed by atoms with Crippen LogP contribution in [0.4, 0.5) is 5.69 Å². The van der Waals surface area contributed by atoms with E-state index in [1.807, 2.05) is 0 Å². The number of hydrogen-bond donors (Lipinski definition) is 2. The average Bonchev–Trinajstić information content (AvgIpc) is 2.48. The van der Waals surface area contributed by atoms with Gasteiger partial charge in [-0.15, -0.1) is 0 Å². The summed E-state index contributed by atoms with van der Waals surface area (Å²) < 4.78 is 0. The highest BCUT2D eigenvalue weighted by atomic mass is 16.2. The Hall–Kier alpha value is -2.10. The van der Waals surface area contributed by atoms with Gasteiger partial charge in [0.1, 0.15) is 0 Å². The van der Waals surface area contributed by atoms with Crippen LogP contribution < -0.4 is 10.6 Å². The van der Waals surface area contributed by atoms with Gasteiger partial charge in [0.2, 0.25) is 5.91 Å². The molecule has 1 aliphatic rings. The highest BCUT2D eigenvalue weighted by Gasteiger charge is 2.08. The molecule has 2 N–H and O–H groups in total. The molecule has 0 radical (unpaired) electrons. The van der Waals surface area contributed by atoms with E-state index in [9.17, 15) is 9.59 Å². The van der Waals surface area contributed by atoms with Crippen LogP contribution >= 0.6 is 0 Å². The van der Waals surface area contributed by atoms with E-state index < -0.39 is 0 Å². The monoisotopic (exact) mass is 286 g/mol. The first-order valence-corrected chi connectivity index (χ1v) is 7.49. The number of carbonyl (C=O) groups excluding carboxylic acids is 2. The average molecular weight is 286 g/mol. The maximum absolute atomic E-state index is 12.1. The second-order valence-electron chi connectivity index (χ2n) is 5.38. The fourth-order valence-electron chi connectivity index (χ4n) is 2.51. The number of hydrogen-bond acceptors (Lipinski definition) is 2. The maximum atomic E-state index is 12.1. The molecular weight excluding hydrogens is 264 g/mol. The van der Waals surface area contributed by atoms with Crippen molar-refractivity contribution in [2.75, 3.05) is 11.9 Å². The molecule has 0 heterocycles. The van der Waals surface area contributed by atoms with Gasteiger partial charge < -0.3 is 10.6 Å². The summed E-state index contributed by atoms with van der Waals surface area (Å²) in [5.41, 5.74) is 2.66. The van der Waals surface area contributed by atoms with Crippen LogP contribution in [0.3, 0.4) is 0 Å². The van der Waals surface area contributed by atoms with Crippen LogP contribution in [0.1, 0.15) is 49.4 Å². The molecule has 1 aromatic carbocycles. The first kappa shape index (κ1) is 15.3. The third kappa shape index (κ3) is 5.06. The number of benzene rings is 1. The Labute approximate surface area is 125 Å². The lowest BCUT2D eigenvalue weighted by atomic mass is 9.97. The SMILES string of the molecule is CC(=O)Nc1cccc(C(=O)NCCC2=CCCCC2)c1. The lowest BCUT2D eigenvalue weighted by Crippen LogP contribution is -2.25. The lowest BCUT2D eigenvalue weighted by Gasteiger charge is -2.13. The van der Waals surface area contributed by atoms with Gasteiger partial charge >= 0.3 is 0 Å². The Morgan fingerprint density at radius 1 is 1.24 bits per heavy atom. The zero-order chi connectivity index (χ0) is 15.1. The van der Waals surface area contributed by atoms with Crippen LogP contribution in [0.5, 0.6) is 0 Å². The van der Waals surface area contributed by atoms with Gasteiger partial charge in [-0.05, 0) is 50.3 Å². The zero-order valence-electron chi connectivity index (χ0n) is 12.4. The van der Waals surface area contributed by atoms with E-state index in [1.165, 1.54) is 31.8 Å². The summed E-state index contributed by atoms with van der Waals surface area (Å²) in [6, 6.07) is 6.98. The van der Waals surface area contributed by atoms with E-state index in [2.05, 4.69) is 16.7 Å². The highest BCUT2D eigenvalue weighted by molar-refractivity contribution is 5.96. The van der Waals surface area contributed by atoms with Crippen molar-refractivity contribution in [2.45, 2.75) is 39.0 Å². The van der Waals surface area contributed by atoms with E-state index in [-0.39, 0.29) is 11.8 Å². The molecule has 1 aliphatic carbocycles. The van der Waals surface area contributed by atoms with Crippen LogP contribution in [0.2, 0.25) is 0 Å². The molecule has 0 saturated heterocycles. The minimum atomic E-state index is -0.142. The van der Waals surface area contributed by atoms with Crippen molar-refractivity contribution >= 4 is 17.5 Å². The van der Waals surface area contributed by atoms with Gasteiger partial charge in [-0.2, -0.15) is 0 Å². The first-order valence-electron chi connectivity index (χ1n) is 7.49. The van der Waals surface area contributed by atoms with Gasteiger partial charge in [-0.3, -0.25) is 9.59 Å². The number of amides is 2. The van der Waals surface area contributed by atoms with Crippen molar-refractivity contribution in [3.05, 3.63) is 41.5 Å². The molecule has 1 aromatic rings. The van der Waals surface area contributed by atoms with Crippen molar-refractivity contribution in [1.82, 2.24) is 5.32 Å². The molecule has 0 aromatic heterocycles. The Balaban J connectivity index is 1.85. The summed E-state index contributed by atoms with van der Waals surface area (Å²) >= 11 is 0. The van der Waals surface area contributed by atoms with Crippen molar-refractivity contribution in [2.24, 2.45) is 0 Å². The summed E-state index contributed by atoms with van der Waals surface area (Å²) in [5.74, 6) is -0.240. The Morgan fingerprint density at radius 2 is 2.10 bits per heavy atom. The zero-order valence-corrected chi connectivity index (χ0v) is 12.4. The normalized spacial score (nSPS) is 14.2. The van der Waals surface area contributed by atoms with E-state index in [4.69, 9.17) is 0 Å². The van der Waals surface area contributed by atoms with Crippen molar-refractivity contribution < 1.29 is 9.59 Å². The second kappa shape index (κ2) is 7.62. The molecule has 2 amide bonds. The van der Waals surface area contributed by atoms with Crippen LogP contribution in [0.25, 0.3) is 0 Å². The van der Waals surface area contributed by atoms with Crippen LogP contribution in [0, 0.1) is 0 Å². The maximum Gasteiger partial charge on any atom is 0.251 e. The van der Waals surface area contributed by atoms with Gasteiger partial charge in [0.25, 0.3) is 5.91 Å². The molecule has 0 aliphatic heterocycles. The van der Waals surface area contributed by atoms with Crippen LogP contribution in [-0.4, -0.2) is 18.4 Å². The van der Waals surface area contributed by atoms with Gasteiger partial charge in [-0.25, -0.2) is 0 Å². The molecule has 2 rings (SSSR count). The molecule has 0 fully saturated rings. The summed E-state index contributed by atoms with van der Waals surface area (Å²) in [6.07, 6.45) is 8.10. The molecule has 21 heavy (non-hydrogen) atoms. The number of rotatable bonds is 5. The summed E-state index contributed by atoms with van der Waals surface area (Å²) in [5, 5.41) is 5.61. The van der Waals surface area contributed by atoms with Gasteiger partial charge in [0.05, 0.1) is 0 Å². The smallest absolute Gasteiger partial charge is 0.251 e. The second-order valence-corrected chi connectivity index (χ2v) is 5.38. The van der Waals surface area contributed by atoms with Crippen LogP contribution in [-0.2, 0) is 4.79 Å². The lowest BCUT2D eigenvalue weighted by molar-refractivity contribution is -0.114. The largest absolute Gasteiger partial charge is 0.352 e. The number of anilines is 1. The summed E-state index contributed by atoms with van der Waals surface area (Å²) in [6.45, 7) is 2.11. The van der Waals surface area contributed by atoms with Gasteiger partial charge in [-0.1, -0.05) is 17.7 Å². The predicted octanol–water partition coefficient (Wildman–Crippen LogP) is 3.27. The molecule has 4 nitrogen and oxygen atoms in total. The first-order chi connectivity index (χ1) is 10.1. The summed E-state index contributed by atoms with van der Waals surface area (Å²) in [4.78, 5) is 23.1. The summed E-state index contributed by atoms with van der Waals surface area (Å²) in [7, 11) is 0. The molecule has 0 spiro atoms. The fourth-order valence-corrected chi connectivity index (χ4v) is 2.51. The highest BCUT2D eigenvalue weighted by Crippen LogP contribution is 2.19. The minimum absolute atomic E-state index is 0.0985. The molecule has 112 valence electrons. The number of carbonyl (C=O) groups is 2. The van der Waals surface area contributed by atoms with Crippen molar-refractivity contribution in [3.63, 3.8) is 0 Å². The topological polar surface area (TPSA) is 58.2 Å². The molecule has 0 atom stereocenters. The van der Waals surface area contributed by atoms with E-state index in [0.29, 0.717) is 17.8 Å². The van der Waals surface area contributed by atoms with Crippen molar-refractivity contribution in [1.29, 1.82) is 0 Å². The van der Waals surface area contributed by atoms with E-state index >= 15 is 0 Å². The van der Waals surface area contributed by atoms with E-state index in [1.54, 1.807) is 24.3 Å². The Bertz CT molecular complexity index is 549. The number of allylic oxidation sites excluding steroid dienone is 1. The van der Waals surface area contributed by atoms with Crippen LogP contribution in [0.15, 0.2) is 35.9 Å². The number of nitrogens with one attached hydrogen (secondary N) is 2. The van der Waals surface area contributed by atoms with E-state index in [0.717, 1.165) is 12.8 Å². The third-order valence-corrected chi connectivity index (χ3v) is 3.56. The standard InChI is InChI=1S/C17H22N2O2/c1-13(20)19-16-9-5-8-15(12-16)17(21)18-11-10-14-6-3-2-4-7-14/h5-6,8-9,12H,2-4,7,10-11H2,1H3,(H,18,21)(H,19,20). The Kier molecular flexibility index (Phi) is 5.55. The predicted molar refractivity (Wildman–Crippen MR) is 84.2 cm³/mol. The fraction of sp³-hybridized carbons (Fsp3) is 0.412. The quantitative estimate of drug-likeness (QED) is 0.816. The minimum Gasteiger partial charge on any atom is -0.352 e. The third-order valence-electron chi connectivity index (χ3n) is 3.56. The van der Waals surface area contributed by atoms with Gasteiger partial charge in [0, 0.05) is 24.7 Å². The molecule has 4 heteroatoms. The van der Waals surface area contributed by atoms with Gasteiger partial charge in [0.15, 0.2) is 0 Å². The molecule has 0 saturated carbocycles.